The third-order valence-electron chi connectivity index (χ3n) is 5.85. The number of carbonyl (C=O) groups is 1. The molecule has 1 aromatic rings. The van der Waals surface area contributed by atoms with Gasteiger partial charge in [0.2, 0.25) is 0 Å². The summed E-state index contributed by atoms with van der Waals surface area (Å²) in [5, 5.41) is 0. The van der Waals surface area contributed by atoms with Gasteiger partial charge in [-0.05, 0) is 70.6 Å². The van der Waals surface area contributed by atoms with E-state index in [9.17, 15) is 4.79 Å². The normalized spacial score (nSPS) is 22.3. The first-order chi connectivity index (χ1) is 11.5. The monoisotopic (exact) mass is 345 g/mol. The molecule has 2 heterocycles. The summed E-state index contributed by atoms with van der Waals surface area (Å²) in [5.41, 5.74) is 2.69. The van der Waals surface area contributed by atoms with Gasteiger partial charge in [0, 0.05) is 13.6 Å². The number of amides is 1. The Bertz CT molecular complexity index is 698. The van der Waals surface area contributed by atoms with Gasteiger partial charge in [-0.1, -0.05) is 0 Å². The third-order valence-corrected chi connectivity index (χ3v) is 5.85. The van der Waals surface area contributed by atoms with Gasteiger partial charge in [-0.2, -0.15) is 0 Å². The van der Waals surface area contributed by atoms with Crippen molar-refractivity contribution in [3.8, 4) is 5.75 Å². The van der Waals surface area contributed by atoms with E-state index in [1.807, 2.05) is 54.7 Å². The molecule has 0 radical (unpaired) electrons. The summed E-state index contributed by atoms with van der Waals surface area (Å²) in [4.78, 5) is 14.6. The fraction of sp³-hybridized carbons (Fsp3) is 0.632. The van der Waals surface area contributed by atoms with Crippen molar-refractivity contribution in [2.24, 2.45) is 0 Å². The Morgan fingerprint density at radius 1 is 1.08 bits per heavy atom. The number of nitrogens with zero attached hydrogens (tertiary/aromatic N) is 1. The fourth-order valence-corrected chi connectivity index (χ4v) is 3.26. The molecule has 25 heavy (non-hydrogen) atoms. The Balaban J connectivity index is 2.10. The number of rotatable bonds is 1. The number of hydrogen-bond acceptors (Lipinski definition) is 4. The first-order valence-electron chi connectivity index (χ1n) is 8.93. The Labute approximate surface area is 150 Å². The summed E-state index contributed by atoms with van der Waals surface area (Å²) in [7, 11) is 1.35. The standard InChI is InChI=1S/C19H28BNO4/c1-12-13(2)16-14(17(22)21(7)9-8-10-23-16)11-15(12)20-24-18(3,4)19(5,6)25-20/h11H,8-10H2,1-7H3. The van der Waals surface area contributed by atoms with Crippen LogP contribution in [0.1, 0.15) is 55.6 Å². The van der Waals surface area contributed by atoms with Crippen molar-refractivity contribution in [2.45, 2.75) is 59.2 Å². The van der Waals surface area contributed by atoms with Crippen LogP contribution in [0.4, 0.5) is 0 Å². The second-order valence-electron chi connectivity index (χ2n) is 8.11. The molecule has 1 aromatic carbocycles. The topological polar surface area (TPSA) is 48.0 Å². The zero-order valence-corrected chi connectivity index (χ0v) is 16.4. The van der Waals surface area contributed by atoms with Crippen LogP contribution in [0.3, 0.4) is 0 Å². The van der Waals surface area contributed by atoms with Gasteiger partial charge in [0.05, 0.1) is 23.4 Å². The molecule has 1 saturated heterocycles. The quantitative estimate of drug-likeness (QED) is 0.734. The van der Waals surface area contributed by atoms with Gasteiger partial charge >= 0.3 is 7.12 Å². The average molecular weight is 345 g/mol. The van der Waals surface area contributed by atoms with E-state index >= 15 is 0 Å². The lowest BCUT2D eigenvalue weighted by atomic mass is 9.74. The van der Waals surface area contributed by atoms with Gasteiger partial charge < -0.3 is 18.9 Å². The minimum Gasteiger partial charge on any atom is -0.492 e. The number of carbonyl (C=O) groups excluding carboxylic acids is 1. The van der Waals surface area contributed by atoms with Gasteiger partial charge in [-0.15, -0.1) is 0 Å². The molecule has 3 rings (SSSR count). The Morgan fingerprint density at radius 3 is 2.28 bits per heavy atom. The Morgan fingerprint density at radius 2 is 1.68 bits per heavy atom. The van der Waals surface area contributed by atoms with E-state index in [0.717, 1.165) is 23.0 Å². The molecule has 6 heteroatoms. The number of hydrogen-bond donors (Lipinski definition) is 0. The highest BCUT2D eigenvalue weighted by Crippen LogP contribution is 2.38. The summed E-state index contributed by atoms with van der Waals surface area (Å²) >= 11 is 0. The first kappa shape index (κ1) is 18.3. The van der Waals surface area contributed by atoms with Crippen molar-refractivity contribution in [1.29, 1.82) is 0 Å². The molecule has 5 nitrogen and oxygen atoms in total. The van der Waals surface area contributed by atoms with Gasteiger partial charge in [0.25, 0.3) is 5.91 Å². The highest BCUT2D eigenvalue weighted by atomic mass is 16.7. The Hall–Kier alpha value is -1.53. The van der Waals surface area contributed by atoms with Crippen molar-refractivity contribution in [3.63, 3.8) is 0 Å². The maximum atomic E-state index is 12.8. The van der Waals surface area contributed by atoms with Crippen LogP contribution in [0, 0.1) is 13.8 Å². The summed E-state index contributed by atoms with van der Waals surface area (Å²) < 4.78 is 18.3. The fourth-order valence-electron chi connectivity index (χ4n) is 3.26. The molecule has 0 unspecified atom stereocenters. The van der Waals surface area contributed by atoms with Crippen molar-refractivity contribution in [1.82, 2.24) is 4.90 Å². The van der Waals surface area contributed by atoms with Crippen LogP contribution in [0.5, 0.6) is 5.75 Å². The second-order valence-corrected chi connectivity index (χ2v) is 8.11. The van der Waals surface area contributed by atoms with Crippen LogP contribution in [-0.2, 0) is 9.31 Å². The van der Waals surface area contributed by atoms with Crippen LogP contribution in [0.2, 0.25) is 0 Å². The van der Waals surface area contributed by atoms with Gasteiger partial charge in [0.1, 0.15) is 5.75 Å². The van der Waals surface area contributed by atoms with E-state index in [2.05, 4.69) is 0 Å². The van der Waals surface area contributed by atoms with Crippen molar-refractivity contribution >= 4 is 18.5 Å². The summed E-state index contributed by atoms with van der Waals surface area (Å²) in [6, 6.07) is 1.89. The minimum absolute atomic E-state index is 0.0180. The van der Waals surface area contributed by atoms with E-state index in [0.29, 0.717) is 24.5 Å². The maximum Gasteiger partial charge on any atom is 0.495 e. The Kier molecular flexibility index (Phi) is 4.40. The third kappa shape index (κ3) is 2.95. The number of benzene rings is 1. The molecule has 2 aliphatic heterocycles. The minimum atomic E-state index is -0.488. The molecule has 0 aromatic heterocycles. The molecule has 0 spiro atoms. The van der Waals surface area contributed by atoms with Crippen LogP contribution >= 0.6 is 0 Å². The molecule has 2 aliphatic rings. The molecule has 0 aliphatic carbocycles. The summed E-state index contributed by atoms with van der Waals surface area (Å²) in [6.45, 7) is 13.5. The van der Waals surface area contributed by atoms with Gasteiger partial charge in [-0.25, -0.2) is 0 Å². The van der Waals surface area contributed by atoms with Crippen LogP contribution in [0.25, 0.3) is 0 Å². The second kappa shape index (κ2) is 6.03. The lowest BCUT2D eigenvalue weighted by molar-refractivity contribution is 0.00578. The molecule has 0 atom stereocenters. The van der Waals surface area contributed by atoms with Crippen LogP contribution in [0.15, 0.2) is 6.07 Å². The zero-order valence-electron chi connectivity index (χ0n) is 16.4. The molecule has 1 amide bonds. The molecule has 1 fully saturated rings. The smallest absolute Gasteiger partial charge is 0.492 e. The molecule has 136 valence electrons. The van der Waals surface area contributed by atoms with Gasteiger partial charge in [0.15, 0.2) is 0 Å². The number of fused-ring (bicyclic) bond motifs is 1. The van der Waals surface area contributed by atoms with Gasteiger partial charge in [-0.3, -0.25) is 4.79 Å². The van der Waals surface area contributed by atoms with E-state index in [1.54, 1.807) is 4.90 Å². The highest BCUT2D eigenvalue weighted by molar-refractivity contribution is 6.62. The molecular formula is C19H28BNO4. The van der Waals surface area contributed by atoms with E-state index < -0.39 is 18.3 Å². The lowest BCUT2D eigenvalue weighted by Gasteiger charge is -2.32. The lowest BCUT2D eigenvalue weighted by Crippen LogP contribution is -2.41. The maximum absolute atomic E-state index is 12.8. The van der Waals surface area contributed by atoms with Crippen LogP contribution < -0.4 is 10.2 Å². The SMILES string of the molecule is Cc1c(B2OC(C)(C)C(C)(C)O2)cc2c(c1C)OCCCN(C)C2=O. The molecule has 0 bridgehead atoms. The van der Waals surface area contributed by atoms with Crippen molar-refractivity contribution in [3.05, 3.63) is 22.8 Å². The molecule has 0 N–H and O–H groups in total. The summed E-state index contributed by atoms with van der Waals surface area (Å²) in [5.74, 6) is 0.671. The van der Waals surface area contributed by atoms with E-state index in [4.69, 9.17) is 14.0 Å². The highest BCUT2D eigenvalue weighted by Gasteiger charge is 2.52. The summed E-state index contributed by atoms with van der Waals surface area (Å²) in [6.07, 6.45) is 0.832. The predicted molar refractivity (Wildman–Crippen MR) is 98.7 cm³/mol. The average Bonchev–Trinajstić information content (AvgIpc) is 2.73. The molecule has 0 saturated carbocycles. The van der Waals surface area contributed by atoms with E-state index in [-0.39, 0.29) is 5.91 Å². The largest absolute Gasteiger partial charge is 0.495 e. The predicted octanol–water partition coefficient (Wildman–Crippen LogP) is 2.46. The van der Waals surface area contributed by atoms with E-state index in [1.165, 1.54) is 0 Å². The zero-order chi connectivity index (χ0) is 18.6. The van der Waals surface area contributed by atoms with Crippen LogP contribution in [-0.4, -0.2) is 49.3 Å². The molecular weight excluding hydrogens is 317 g/mol. The van der Waals surface area contributed by atoms with Crippen molar-refractivity contribution in [2.75, 3.05) is 20.2 Å². The number of ether oxygens (including phenoxy) is 1. The first-order valence-corrected chi connectivity index (χ1v) is 8.93. The van der Waals surface area contributed by atoms with Crippen molar-refractivity contribution < 1.29 is 18.8 Å².